The second-order valence-electron chi connectivity index (χ2n) is 6.62. The third-order valence-corrected chi connectivity index (χ3v) is 5.13. The Morgan fingerprint density at radius 3 is 1.81 bits per heavy atom. The fourth-order valence-electron chi connectivity index (χ4n) is 2.62. The van der Waals surface area contributed by atoms with Crippen molar-refractivity contribution in [2.24, 2.45) is 0 Å². The SMILES string of the molecule is CN(C)c1ccc(-c2nc(N(C)C)nnc2-c2ccc([S+](C)[O-])cc2)cc1. The van der Waals surface area contributed by atoms with E-state index in [-0.39, 0.29) is 0 Å². The van der Waals surface area contributed by atoms with Gasteiger partial charge in [-0.3, -0.25) is 0 Å². The molecule has 1 atom stereocenters. The third kappa shape index (κ3) is 4.20. The summed E-state index contributed by atoms with van der Waals surface area (Å²) in [5.74, 6) is 0.553. The van der Waals surface area contributed by atoms with Gasteiger partial charge in [0.05, 0.1) is 0 Å². The fraction of sp³-hybridized carbons (Fsp3) is 0.250. The second kappa shape index (κ2) is 7.94. The molecule has 0 fully saturated rings. The summed E-state index contributed by atoms with van der Waals surface area (Å²) in [5.41, 5.74) is 4.44. The molecule has 1 heterocycles. The highest BCUT2D eigenvalue weighted by atomic mass is 32.2. The van der Waals surface area contributed by atoms with Crippen molar-refractivity contribution < 1.29 is 4.55 Å². The normalized spacial score (nSPS) is 11.9. The lowest BCUT2D eigenvalue weighted by Crippen LogP contribution is -2.14. The summed E-state index contributed by atoms with van der Waals surface area (Å²) in [4.78, 5) is 9.39. The lowest BCUT2D eigenvalue weighted by molar-refractivity contribution is 0.601. The third-order valence-electron chi connectivity index (χ3n) is 4.19. The molecule has 7 heteroatoms. The molecular formula is C20H23N5OS. The van der Waals surface area contributed by atoms with Crippen LogP contribution in [0.25, 0.3) is 22.5 Å². The summed E-state index contributed by atoms with van der Waals surface area (Å²) in [6, 6.07) is 15.7. The fourth-order valence-corrected chi connectivity index (χ4v) is 3.14. The molecular weight excluding hydrogens is 358 g/mol. The smallest absolute Gasteiger partial charge is 0.245 e. The van der Waals surface area contributed by atoms with Crippen molar-refractivity contribution in [2.75, 3.05) is 44.2 Å². The molecule has 2 aromatic carbocycles. The highest BCUT2D eigenvalue weighted by molar-refractivity contribution is 7.90. The molecule has 0 amide bonds. The van der Waals surface area contributed by atoms with Crippen LogP contribution in [-0.4, -0.2) is 54.2 Å². The molecule has 1 aromatic heterocycles. The summed E-state index contributed by atoms with van der Waals surface area (Å²) in [5, 5.41) is 8.68. The van der Waals surface area contributed by atoms with Crippen molar-refractivity contribution in [3.05, 3.63) is 48.5 Å². The lowest BCUT2D eigenvalue weighted by atomic mass is 10.0. The van der Waals surface area contributed by atoms with Crippen LogP contribution >= 0.6 is 0 Å². The summed E-state index contributed by atoms with van der Waals surface area (Å²) in [6.45, 7) is 0. The van der Waals surface area contributed by atoms with E-state index in [1.165, 1.54) is 0 Å². The number of anilines is 2. The van der Waals surface area contributed by atoms with Crippen LogP contribution in [0.2, 0.25) is 0 Å². The largest absolute Gasteiger partial charge is 0.612 e. The quantitative estimate of drug-likeness (QED) is 0.633. The topological polar surface area (TPSA) is 68.2 Å². The molecule has 27 heavy (non-hydrogen) atoms. The molecule has 3 rings (SSSR count). The van der Waals surface area contributed by atoms with Gasteiger partial charge in [0, 0.05) is 45.0 Å². The number of rotatable bonds is 5. The van der Waals surface area contributed by atoms with E-state index in [0.29, 0.717) is 11.6 Å². The lowest BCUT2D eigenvalue weighted by Gasteiger charge is -2.15. The van der Waals surface area contributed by atoms with Gasteiger partial charge in [-0.25, -0.2) is 4.98 Å². The minimum atomic E-state index is -1.01. The van der Waals surface area contributed by atoms with Crippen molar-refractivity contribution in [3.63, 3.8) is 0 Å². The number of hydrogen-bond acceptors (Lipinski definition) is 6. The van der Waals surface area contributed by atoms with Crippen molar-refractivity contribution >= 4 is 22.8 Å². The Balaban J connectivity index is 2.10. The predicted molar refractivity (Wildman–Crippen MR) is 112 cm³/mol. The van der Waals surface area contributed by atoms with Gasteiger partial charge in [-0.15, -0.1) is 10.2 Å². The van der Waals surface area contributed by atoms with Crippen LogP contribution in [0.5, 0.6) is 0 Å². The van der Waals surface area contributed by atoms with Crippen LogP contribution < -0.4 is 9.80 Å². The summed E-state index contributed by atoms with van der Waals surface area (Å²) >= 11 is -1.01. The van der Waals surface area contributed by atoms with E-state index < -0.39 is 11.2 Å². The number of nitrogens with zero attached hydrogens (tertiary/aromatic N) is 5. The molecule has 0 radical (unpaired) electrons. The molecule has 140 valence electrons. The zero-order chi connectivity index (χ0) is 19.6. The molecule has 3 aromatic rings. The monoisotopic (exact) mass is 381 g/mol. The van der Waals surface area contributed by atoms with E-state index in [9.17, 15) is 4.55 Å². The van der Waals surface area contributed by atoms with E-state index in [1.807, 2.05) is 69.5 Å². The molecule has 0 N–H and O–H groups in total. The van der Waals surface area contributed by atoms with E-state index in [0.717, 1.165) is 27.4 Å². The number of aromatic nitrogens is 3. The molecule has 0 bridgehead atoms. The Bertz CT molecular complexity index is 909. The van der Waals surface area contributed by atoms with E-state index in [2.05, 4.69) is 27.2 Å². The predicted octanol–water partition coefficient (Wildman–Crippen LogP) is 3.08. The molecule has 0 saturated carbocycles. The first kappa shape index (κ1) is 19.1. The zero-order valence-corrected chi connectivity index (χ0v) is 17.0. The van der Waals surface area contributed by atoms with Gasteiger partial charge >= 0.3 is 0 Å². The van der Waals surface area contributed by atoms with Crippen LogP contribution in [0.3, 0.4) is 0 Å². The highest BCUT2D eigenvalue weighted by Crippen LogP contribution is 2.31. The number of hydrogen-bond donors (Lipinski definition) is 0. The van der Waals surface area contributed by atoms with Crippen molar-refractivity contribution in [1.29, 1.82) is 0 Å². The molecule has 0 aliphatic rings. The Morgan fingerprint density at radius 2 is 1.30 bits per heavy atom. The van der Waals surface area contributed by atoms with Gasteiger partial charge in [-0.1, -0.05) is 12.1 Å². The first-order valence-electron chi connectivity index (χ1n) is 8.50. The van der Waals surface area contributed by atoms with E-state index in [4.69, 9.17) is 4.98 Å². The van der Waals surface area contributed by atoms with Crippen molar-refractivity contribution in [2.45, 2.75) is 4.90 Å². The van der Waals surface area contributed by atoms with Gasteiger partial charge in [-0.05, 0) is 47.6 Å². The Labute approximate surface area is 163 Å². The van der Waals surface area contributed by atoms with Crippen LogP contribution in [0.1, 0.15) is 0 Å². The Hall–Kier alpha value is -2.64. The van der Waals surface area contributed by atoms with Gasteiger partial charge in [0.1, 0.15) is 17.6 Å². The van der Waals surface area contributed by atoms with Gasteiger partial charge in [0.2, 0.25) is 5.95 Å². The van der Waals surface area contributed by atoms with Gasteiger partial charge in [-0.2, -0.15) is 0 Å². The number of benzene rings is 2. The first-order valence-corrected chi connectivity index (χ1v) is 10.1. The molecule has 0 saturated heterocycles. The van der Waals surface area contributed by atoms with Gasteiger partial charge in [0.25, 0.3) is 0 Å². The summed E-state index contributed by atoms with van der Waals surface area (Å²) in [6.07, 6.45) is 1.67. The maximum Gasteiger partial charge on any atom is 0.245 e. The average molecular weight is 382 g/mol. The molecule has 0 aliphatic heterocycles. The van der Waals surface area contributed by atoms with Gasteiger partial charge < -0.3 is 14.4 Å². The molecule has 1 unspecified atom stereocenters. The standard InChI is InChI=1S/C20H23N5OS/c1-24(2)16-10-6-14(7-11-16)18-19(22-23-20(21-18)25(3)4)15-8-12-17(13-9-15)27(5)26/h6-13H,1-5H3. The first-order chi connectivity index (χ1) is 12.9. The van der Waals surface area contributed by atoms with Gasteiger partial charge in [0.15, 0.2) is 4.90 Å². The van der Waals surface area contributed by atoms with Crippen LogP contribution in [0.4, 0.5) is 11.6 Å². The minimum absolute atomic E-state index is 0.553. The highest BCUT2D eigenvalue weighted by Gasteiger charge is 2.15. The maximum atomic E-state index is 11.6. The van der Waals surface area contributed by atoms with Crippen LogP contribution in [0.15, 0.2) is 53.4 Å². The second-order valence-corrected chi connectivity index (χ2v) is 8.00. The molecule has 0 aliphatic carbocycles. The van der Waals surface area contributed by atoms with Crippen molar-refractivity contribution in [1.82, 2.24) is 15.2 Å². The van der Waals surface area contributed by atoms with E-state index in [1.54, 1.807) is 6.26 Å². The average Bonchev–Trinajstić information content (AvgIpc) is 2.67. The summed E-state index contributed by atoms with van der Waals surface area (Å²) in [7, 11) is 7.80. The van der Waals surface area contributed by atoms with E-state index >= 15 is 0 Å². The minimum Gasteiger partial charge on any atom is -0.612 e. The van der Waals surface area contributed by atoms with Crippen LogP contribution in [-0.2, 0) is 11.2 Å². The molecule has 6 nitrogen and oxygen atoms in total. The maximum absolute atomic E-state index is 11.6. The zero-order valence-electron chi connectivity index (χ0n) is 16.2. The van der Waals surface area contributed by atoms with Crippen molar-refractivity contribution in [3.8, 4) is 22.5 Å². The summed E-state index contributed by atoms with van der Waals surface area (Å²) < 4.78 is 11.6. The Kier molecular flexibility index (Phi) is 5.62. The Morgan fingerprint density at radius 1 is 0.741 bits per heavy atom. The van der Waals surface area contributed by atoms with Crippen LogP contribution in [0, 0.1) is 0 Å². The molecule has 0 spiro atoms.